The molecule has 7 nitrogen and oxygen atoms in total. The number of sulfonamides is 1. The van der Waals surface area contributed by atoms with E-state index in [1.165, 1.54) is 10.9 Å². The summed E-state index contributed by atoms with van der Waals surface area (Å²) < 4.78 is 35.5. The van der Waals surface area contributed by atoms with Crippen LogP contribution in [0.1, 0.15) is 38.3 Å². The Balaban J connectivity index is 1.96. The van der Waals surface area contributed by atoms with Crippen LogP contribution in [0, 0.1) is 5.92 Å². The van der Waals surface area contributed by atoms with E-state index < -0.39 is 10.0 Å². The lowest BCUT2D eigenvalue weighted by Gasteiger charge is -2.33. The summed E-state index contributed by atoms with van der Waals surface area (Å²) in [6.07, 6.45) is 6.71. The maximum atomic E-state index is 13.5. The van der Waals surface area contributed by atoms with E-state index in [4.69, 9.17) is 4.74 Å². The van der Waals surface area contributed by atoms with Gasteiger partial charge < -0.3 is 4.74 Å². The second-order valence-corrected chi connectivity index (χ2v) is 8.42. The van der Waals surface area contributed by atoms with Crippen molar-refractivity contribution in [3.8, 4) is 0 Å². The van der Waals surface area contributed by atoms with E-state index in [1.807, 2.05) is 26.0 Å². The Morgan fingerprint density at radius 1 is 1.31 bits per heavy atom. The average molecular weight is 378 g/mol. The van der Waals surface area contributed by atoms with E-state index in [1.54, 1.807) is 22.8 Å². The molecule has 0 aliphatic carbocycles. The van der Waals surface area contributed by atoms with Crippen molar-refractivity contribution >= 4 is 10.0 Å². The van der Waals surface area contributed by atoms with Gasteiger partial charge in [0.05, 0.1) is 6.20 Å². The first-order valence-electron chi connectivity index (χ1n) is 9.05. The monoisotopic (exact) mass is 378 g/mol. The van der Waals surface area contributed by atoms with Gasteiger partial charge in [-0.25, -0.2) is 8.42 Å². The van der Waals surface area contributed by atoms with Crippen molar-refractivity contribution in [2.75, 3.05) is 19.8 Å². The zero-order valence-electron chi connectivity index (χ0n) is 15.3. The van der Waals surface area contributed by atoms with E-state index in [2.05, 4.69) is 10.1 Å². The van der Waals surface area contributed by atoms with Crippen molar-refractivity contribution in [1.82, 2.24) is 19.1 Å². The summed E-state index contributed by atoms with van der Waals surface area (Å²) in [6.45, 7) is 6.16. The third-order valence-corrected chi connectivity index (χ3v) is 6.89. The fourth-order valence-electron chi connectivity index (χ4n) is 3.33. The molecule has 1 aliphatic rings. The molecule has 142 valence electrons. The molecule has 8 heteroatoms. The Hall–Kier alpha value is -1.77. The SMILES string of the molecule is CCn1nccc1S(=O)(=O)N(CC1CCOCC1)C(C)c1cccnc1. The van der Waals surface area contributed by atoms with Gasteiger partial charge in [-0.2, -0.15) is 9.40 Å². The van der Waals surface area contributed by atoms with Crippen molar-refractivity contribution in [1.29, 1.82) is 0 Å². The lowest BCUT2D eigenvalue weighted by atomic mass is 9.99. The molecule has 2 aromatic rings. The van der Waals surface area contributed by atoms with Crippen molar-refractivity contribution in [2.45, 2.75) is 44.3 Å². The molecule has 0 aromatic carbocycles. The Morgan fingerprint density at radius 3 is 2.73 bits per heavy atom. The number of ether oxygens (including phenoxy) is 1. The summed E-state index contributed by atoms with van der Waals surface area (Å²) in [7, 11) is -3.68. The molecule has 0 amide bonds. The molecular formula is C18H26N4O3S. The molecule has 3 heterocycles. The summed E-state index contributed by atoms with van der Waals surface area (Å²) in [5.74, 6) is 0.288. The van der Waals surface area contributed by atoms with Gasteiger partial charge in [0.1, 0.15) is 0 Å². The van der Waals surface area contributed by atoms with Crippen molar-refractivity contribution in [3.05, 3.63) is 42.4 Å². The van der Waals surface area contributed by atoms with Crippen LogP contribution in [0.2, 0.25) is 0 Å². The van der Waals surface area contributed by atoms with E-state index >= 15 is 0 Å². The highest BCUT2D eigenvalue weighted by molar-refractivity contribution is 7.89. The first kappa shape index (κ1) is 19.0. The molecule has 26 heavy (non-hydrogen) atoms. The lowest BCUT2D eigenvalue weighted by molar-refractivity contribution is 0.0581. The van der Waals surface area contributed by atoms with Crippen LogP contribution in [-0.4, -0.2) is 47.2 Å². The van der Waals surface area contributed by atoms with Crippen LogP contribution in [0.3, 0.4) is 0 Å². The molecule has 0 radical (unpaired) electrons. The third-order valence-electron chi connectivity index (χ3n) is 4.93. The molecule has 1 saturated heterocycles. The molecule has 3 rings (SSSR count). The summed E-state index contributed by atoms with van der Waals surface area (Å²) >= 11 is 0. The molecule has 0 bridgehead atoms. The largest absolute Gasteiger partial charge is 0.381 e. The minimum absolute atomic E-state index is 0.239. The molecule has 0 N–H and O–H groups in total. The van der Waals surface area contributed by atoms with Gasteiger partial charge in [-0.15, -0.1) is 0 Å². The van der Waals surface area contributed by atoms with Gasteiger partial charge >= 0.3 is 0 Å². The normalized spacial score (nSPS) is 17.5. The number of hydrogen-bond acceptors (Lipinski definition) is 5. The number of hydrogen-bond donors (Lipinski definition) is 0. The number of nitrogens with zero attached hydrogens (tertiary/aromatic N) is 4. The Labute approximate surface area is 155 Å². The van der Waals surface area contributed by atoms with Gasteiger partial charge in [0.25, 0.3) is 10.0 Å². The quantitative estimate of drug-likeness (QED) is 0.740. The van der Waals surface area contributed by atoms with Gasteiger partial charge in [-0.1, -0.05) is 6.07 Å². The topological polar surface area (TPSA) is 77.3 Å². The van der Waals surface area contributed by atoms with Crippen LogP contribution in [0.15, 0.2) is 41.8 Å². The van der Waals surface area contributed by atoms with E-state index in [0.29, 0.717) is 26.3 Å². The smallest absolute Gasteiger partial charge is 0.260 e. The lowest BCUT2D eigenvalue weighted by Crippen LogP contribution is -2.39. The van der Waals surface area contributed by atoms with Gasteiger partial charge in [0.15, 0.2) is 5.03 Å². The zero-order valence-corrected chi connectivity index (χ0v) is 16.1. The molecule has 1 atom stereocenters. The first-order chi connectivity index (χ1) is 12.5. The highest BCUT2D eigenvalue weighted by atomic mass is 32.2. The maximum Gasteiger partial charge on any atom is 0.260 e. The van der Waals surface area contributed by atoms with Crippen LogP contribution in [0.5, 0.6) is 0 Å². The van der Waals surface area contributed by atoms with Crippen LogP contribution in [0.4, 0.5) is 0 Å². The third kappa shape index (κ3) is 3.97. The molecule has 1 fully saturated rings. The average Bonchev–Trinajstić information content (AvgIpc) is 3.17. The fraction of sp³-hybridized carbons (Fsp3) is 0.556. The Morgan fingerprint density at radius 2 is 2.08 bits per heavy atom. The number of aromatic nitrogens is 3. The second-order valence-electron chi connectivity index (χ2n) is 6.58. The Kier molecular flexibility index (Phi) is 6.05. The van der Waals surface area contributed by atoms with Gasteiger partial charge in [-0.3, -0.25) is 9.67 Å². The van der Waals surface area contributed by atoms with Gasteiger partial charge in [0, 0.05) is 44.7 Å². The van der Waals surface area contributed by atoms with Crippen LogP contribution < -0.4 is 0 Å². The number of aryl methyl sites for hydroxylation is 1. The van der Waals surface area contributed by atoms with Crippen LogP contribution in [-0.2, 0) is 21.3 Å². The highest BCUT2D eigenvalue weighted by Gasteiger charge is 2.34. The van der Waals surface area contributed by atoms with E-state index in [9.17, 15) is 8.42 Å². The number of pyridine rings is 1. The molecule has 1 aliphatic heterocycles. The van der Waals surface area contributed by atoms with Crippen molar-refractivity contribution < 1.29 is 13.2 Å². The summed E-state index contributed by atoms with van der Waals surface area (Å²) in [5.41, 5.74) is 0.880. The van der Waals surface area contributed by atoms with E-state index in [-0.39, 0.29) is 17.0 Å². The zero-order chi connectivity index (χ0) is 18.6. The van der Waals surface area contributed by atoms with Gasteiger partial charge in [-0.05, 0) is 50.3 Å². The standard InChI is InChI=1S/C18H26N4O3S/c1-3-21-18(6-10-20-21)26(23,24)22(14-16-7-11-25-12-8-16)15(2)17-5-4-9-19-13-17/h4-6,9-10,13,15-16H,3,7-8,11-12,14H2,1-2H3. The number of rotatable bonds is 7. The molecule has 1 unspecified atom stereocenters. The highest BCUT2D eigenvalue weighted by Crippen LogP contribution is 2.30. The summed E-state index contributed by atoms with van der Waals surface area (Å²) in [4.78, 5) is 4.15. The predicted molar refractivity (Wildman–Crippen MR) is 98.0 cm³/mol. The van der Waals surface area contributed by atoms with Crippen molar-refractivity contribution in [3.63, 3.8) is 0 Å². The summed E-state index contributed by atoms with van der Waals surface area (Å²) in [6, 6.07) is 5.02. The Bertz CT molecular complexity index is 801. The van der Waals surface area contributed by atoms with Crippen LogP contribution in [0.25, 0.3) is 0 Å². The summed E-state index contributed by atoms with van der Waals surface area (Å²) in [5, 5.41) is 4.38. The second kappa shape index (κ2) is 8.28. The minimum Gasteiger partial charge on any atom is -0.381 e. The maximum absolute atomic E-state index is 13.5. The molecule has 2 aromatic heterocycles. The fourth-order valence-corrected chi connectivity index (χ4v) is 5.20. The molecule has 0 spiro atoms. The predicted octanol–water partition coefficient (Wildman–Crippen LogP) is 2.48. The molecular weight excluding hydrogens is 352 g/mol. The first-order valence-corrected chi connectivity index (χ1v) is 10.5. The molecule has 0 saturated carbocycles. The van der Waals surface area contributed by atoms with Crippen molar-refractivity contribution in [2.24, 2.45) is 5.92 Å². The van der Waals surface area contributed by atoms with Crippen LogP contribution >= 0.6 is 0 Å². The van der Waals surface area contributed by atoms with E-state index in [0.717, 1.165) is 18.4 Å². The van der Waals surface area contributed by atoms with Gasteiger partial charge in [0.2, 0.25) is 0 Å². The minimum atomic E-state index is -3.68.